The van der Waals surface area contributed by atoms with Gasteiger partial charge in [0.2, 0.25) is 0 Å². The first-order valence-electron chi connectivity index (χ1n) is 5.29. The van der Waals surface area contributed by atoms with Crippen LogP contribution >= 0.6 is 0 Å². The number of H-pyrrole nitrogens is 1. The van der Waals surface area contributed by atoms with E-state index in [1.807, 2.05) is 0 Å². The number of nitrogens with zero attached hydrogens (tertiary/aromatic N) is 1. The van der Waals surface area contributed by atoms with Crippen LogP contribution < -0.4 is 5.56 Å². The van der Waals surface area contributed by atoms with Crippen molar-refractivity contribution in [1.29, 1.82) is 0 Å². The summed E-state index contributed by atoms with van der Waals surface area (Å²) in [5.74, 6) is 1.48. The van der Waals surface area contributed by atoms with Crippen molar-refractivity contribution < 1.29 is 0 Å². The maximum atomic E-state index is 11.4. The molecule has 0 aliphatic heterocycles. The van der Waals surface area contributed by atoms with Crippen LogP contribution in [0.25, 0.3) is 0 Å². The van der Waals surface area contributed by atoms with Crippen molar-refractivity contribution in [2.24, 2.45) is 0 Å². The zero-order chi connectivity index (χ0) is 9.76. The molecule has 0 radical (unpaired) electrons. The van der Waals surface area contributed by atoms with Gasteiger partial charge in [-0.15, -0.1) is 0 Å². The molecular formula is C11H14N2O. The molecule has 2 fully saturated rings. The molecule has 0 spiro atoms. The fourth-order valence-electron chi connectivity index (χ4n) is 1.77. The van der Waals surface area contributed by atoms with Gasteiger partial charge in [-0.1, -0.05) is 6.92 Å². The van der Waals surface area contributed by atoms with E-state index in [2.05, 4.69) is 16.9 Å². The molecule has 14 heavy (non-hydrogen) atoms. The topological polar surface area (TPSA) is 45.8 Å². The van der Waals surface area contributed by atoms with Gasteiger partial charge in [0.05, 0.1) is 5.69 Å². The predicted molar refractivity (Wildman–Crippen MR) is 53.4 cm³/mol. The molecule has 0 amide bonds. The highest BCUT2D eigenvalue weighted by molar-refractivity contribution is 5.21. The summed E-state index contributed by atoms with van der Waals surface area (Å²) in [6, 6.07) is 1.66. The minimum absolute atomic E-state index is 0.0185. The van der Waals surface area contributed by atoms with Gasteiger partial charge >= 0.3 is 0 Å². The lowest BCUT2D eigenvalue weighted by molar-refractivity contribution is 0.691. The first-order chi connectivity index (χ1) is 6.67. The maximum absolute atomic E-state index is 11.4. The Bertz CT molecular complexity index is 427. The molecule has 3 rings (SSSR count). The average molecular weight is 190 g/mol. The van der Waals surface area contributed by atoms with Gasteiger partial charge in [0.25, 0.3) is 5.56 Å². The van der Waals surface area contributed by atoms with Gasteiger partial charge in [-0.3, -0.25) is 4.79 Å². The van der Waals surface area contributed by atoms with Crippen LogP contribution in [0, 0.1) is 0 Å². The summed E-state index contributed by atoms with van der Waals surface area (Å²) in [5, 5.41) is 0. The van der Waals surface area contributed by atoms with Crippen molar-refractivity contribution in [1.82, 2.24) is 9.97 Å². The van der Waals surface area contributed by atoms with E-state index in [0.717, 1.165) is 24.4 Å². The quantitative estimate of drug-likeness (QED) is 0.771. The first-order valence-corrected chi connectivity index (χ1v) is 5.29. The molecule has 0 aromatic carbocycles. The van der Waals surface area contributed by atoms with Gasteiger partial charge in [-0.25, -0.2) is 4.98 Å². The van der Waals surface area contributed by atoms with Gasteiger partial charge in [0.1, 0.15) is 5.82 Å². The second kappa shape index (κ2) is 2.47. The van der Waals surface area contributed by atoms with Crippen molar-refractivity contribution in [3.63, 3.8) is 0 Å². The second-order valence-corrected chi connectivity index (χ2v) is 4.85. The Balaban J connectivity index is 2.07. The molecule has 0 saturated heterocycles. The molecule has 1 heterocycles. The number of hydrogen-bond donors (Lipinski definition) is 1. The summed E-state index contributed by atoms with van der Waals surface area (Å²) < 4.78 is 0. The summed E-state index contributed by atoms with van der Waals surface area (Å²) in [6.45, 7) is 2.17. The van der Waals surface area contributed by atoms with Crippen LogP contribution in [0.3, 0.4) is 0 Å². The SMILES string of the molecule is CC1(c2nc(C3CC3)cc(=O)[nH]2)CC1. The summed E-state index contributed by atoms with van der Waals surface area (Å²) in [5.41, 5.74) is 1.20. The Morgan fingerprint density at radius 2 is 2.21 bits per heavy atom. The standard InChI is InChI=1S/C11H14N2O/c1-11(4-5-11)10-12-8(7-2-3-7)6-9(14)13-10/h6-7H,2-5H2,1H3,(H,12,13,14). The van der Waals surface area contributed by atoms with Crippen molar-refractivity contribution in [3.05, 3.63) is 27.9 Å². The van der Waals surface area contributed by atoms with Crippen LogP contribution in [0.2, 0.25) is 0 Å². The van der Waals surface area contributed by atoms with E-state index < -0.39 is 0 Å². The van der Waals surface area contributed by atoms with Crippen LogP contribution in [0.4, 0.5) is 0 Å². The van der Waals surface area contributed by atoms with E-state index in [9.17, 15) is 4.79 Å². The number of rotatable bonds is 2. The molecule has 1 aromatic heterocycles. The largest absolute Gasteiger partial charge is 0.310 e. The molecule has 0 bridgehead atoms. The molecular weight excluding hydrogens is 176 g/mol. The molecule has 1 N–H and O–H groups in total. The van der Waals surface area contributed by atoms with Gasteiger partial charge in [0, 0.05) is 17.4 Å². The van der Waals surface area contributed by atoms with Gasteiger partial charge in [-0.2, -0.15) is 0 Å². The molecule has 2 aliphatic carbocycles. The number of nitrogens with one attached hydrogen (secondary N) is 1. The third-order valence-electron chi connectivity index (χ3n) is 3.33. The lowest BCUT2D eigenvalue weighted by atomic mass is 10.1. The van der Waals surface area contributed by atoms with E-state index in [1.54, 1.807) is 6.07 Å². The number of aromatic nitrogens is 2. The maximum Gasteiger partial charge on any atom is 0.251 e. The predicted octanol–water partition coefficient (Wildman–Crippen LogP) is 1.70. The van der Waals surface area contributed by atoms with Gasteiger partial charge in [0.15, 0.2) is 0 Å². The molecule has 3 nitrogen and oxygen atoms in total. The van der Waals surface area contributed by atoms with E-state index in [1.165, 1.54) is 12.8 Å². The summed E-state index contributed by atoms with van der Waals surface area (Å²) in [4.78, 5) is 18.9. The third kappa shape index (κ3) is 1.27. The van der Waals surface area contributed by atoms with Crippen molar-refractivity contribution in [3.8, 4) is 0 Å². The fourth-order valence-corrected chi connectivity index (χ4v) is 1.77. The summed E-state index contributed by atoms with van der Waals surface area (Å²) in [6.07, 6.45) is 4.72. The normalized spacial score (nSPS) is 23.5. The van der Waals surface area contributed by atoms with E-state index >= 15 is 0 Å². The van der Waals surface area contributed by atoms with Crippen LogP contribution in [0.15, 0.2) is 10.9 Å². The zero-order valence-electron chi connectivity index (χ0n) is 8.34. The Hall–Kier alpha value is -1.12. The number of aromatic amines is 1. The molecule has 0 unspecified atom stereocenters. The first kappa shape index (κ1) is 8.21. The van der Waals surface area contributed by atoms with E-state index in [-0.39, 0.29) is 11.0 Å². The van der Waals surface area contributed by atoms with Crippen LogP contribution in [-0.2, 0) is 5.41 Å². The highest BCUT2D eigenvalue weighted by Crippen LogP contribution is 2.46. The van der Waals surface area contributed by atoms with Crippen LogP contribution in [0.5, 0.6) is 0 Å². The summed E-state index contributed by atoms with van der Waals surface area (Å²) >= 11 is 0. The lowest BCUT2D eigenvalue weighted by Gasteiger charge is -2.08. The van der Waals surface area contributed by atoms with Crippen LogP contribution in [-0.4, -0.2) is 9.97 Å². The second-order valence-electron chi connectivity index (χ2n) is 4.85. The number of hydrogen-bond acceptors (Lipinski definition) is 2. The average Bonchev–Trinajstić information content (AvgIpc) is 2.97. The third-order valence-corrected chi connectivity index (χ3v) is 3.33. The molecule has 74 valence electrons. The Labute approximate surface area is 82.6 Å². The minimum atomic E-state index is 0.0185. The van der Waals surface area contributed by atoms with Crippen molar-refractivity contribution >= 4 is 0 Å². The smallest absolute Gasteiger partial charge is 0.251 e. The molecule has 2 saturated carbocycles. The molecule has 1 aromatic rings. The Morgan fingerprint density at radius 1 is 1.50 bits per heavy atom. The summed E-state index contributed by atoms with van der Waals surface area (Å²) in [7, 11) is 0. The van der Waals surface area contributed by atoms with E-state index in [4.69, 9.17) is 0 Å². The molecule has 3 heteroatoms. The minimum Gasteiger partial charge on any atom is -0.310 e. The Morgan fingerprint density at radius 3 is 2.79 bits per heavy atom. The van der Waals surface area contributed by atoms with Crippen molar-refractivity contribution in [2.45, 2.75) is 43.9 Å². The molecule has 0 atom stereocenters. The van der Waals surface area contributed by atoms with Crippen molar-refractivity contribution in [2.75, 3.05) is 0 Å². The van der Waals surface area contributed by atoms with Crippen LogP contribution in [0.1, 0.15) is 50.0 Å². The zero-order valence-corrected chi connectivity index (χ0v) is 8.34. The fraction of sp³-hybridized carbons (Fsp3) is 0.636. The van der Waals surface area contributed by atoms with E-state index in [0.29, 0.717) is 5.92 Å². The molecule has 2 aliphatic rings. The Kier molecular flexibility index (Phi) is 1.45. The lowest BCUT2D eigenvalue weighted by Crippen LogP contribution is -2.17. The highest BCUT2D eigenvalue weighted by Gasteiger charge is 2.42. The highest BCUT2D eigenvalue weighted by atomic mass is 16.1. The van der Waals surface area contributed by atoms with Gasteiger partial charge < -0.3 is 4.98 Å². The van der Waals surface area contributed by atoms with Gasteiger partial charge in [-0.05, 0) is 25.7 Å². The monoisotopic (exact) mass is 190 g/mol.